The van der Waals surface area contributed by atoms with Gasteiger partial charge in [-0.2, -0.15) is 5.10 Å². The molecule has 3 heterocycles. The van der Waals surface area contributed by atoms with Crippen LogP contribution in [0.4, 0.5) is 0 Å². The lowest BCUT2D eigenvalue weighted by atomic mass is 9.94. The summed E-state index contributed by atoms with van der Waals surface area (Å²) in [5.74, 6) is -0.880. The van der Waals surface area contributed by atoms with Crippen LogP contribution in [0, 0.1) is 6.92 Å². The summed E-state index contributed by atoms with van der Waals surface area (Å²) in [6, 6.07) is 14.2. The van der Waals surface area contributed by atoms with E-state index in [9.17, 15) is 19.5 Å². The molecule has 0 bridgehead atoms. The van der Waals surface area contributed by atoms with Crippen LogP contribution in [0.5, 0.6) is 0 Å². The third-order valence-electron chi connectivity index (χ3n) is 5.41. The molecule has 1 atom stereocenters. The number of amides is 2. The van der Waals surface area contributed by atoms with Gasteiger partial charge in [0.25, 0.3) is 5.91 Å². The Hall–Kier alpha value is -3.88. The van der Waals surface area contributed by atoms with Crippen LogP contribution in [0.25, 0.3) is 0 Å². The van der Waals surface area contributed by atoms with Crippen molar-refractivity contribution in [2.24, 2.45) is 0 Å². The highest BCUT2D eigenvalue weighted by Crippen LogP contribution is 2.30. The van der Waals surface area contributed by atoms with Gasteiger partial charge >= 0.3 is 5.97 Å². The number of hydrogen-bond donors (Lipinski definition) is 2. The molecular formula is C22H22N4O5. The minimum Gasteiger partial charge on any atom is -0.476 e. The van der Waals surface area contributed by atoms with E-state index in [1.54, 1.807) is 26.0 Å². The molecule has 1 aliphatic rings. The van der Waals surface area contributed by atoms with E-state index in [1.807, 2.05) is 30.3 Å². The van der Waals surface area contributed by atoms with Crippen molar-refractivity contribution >= 4 is 17.8 Å². The van der Waals surface area contributed by atoms with Crippen LogP contribution in [-0.2, 0) is 24.4 Å². The number of benzene rings is 1. The number of carbonyl (C=O) groups excluding carboxylic acids is 2. The Morgan fingerprint density at radius 2 is 1.97 bits per heavy atom. The van der Waals surface area contributed by atoms with Gasteiger partial charge in [-0.15, -0.1) is 0 Å². The number of aromatic nitrogens is 2. The number of carboxylic acid groups (broad SMARTS) is 1. The van der Waals surface area contributed by atoms with E-state index < -0.39 is 17.4 Å². The quantitative estimate of drug-likeness (QED) is 0.629. The maximum Gasteiger partial charge on any atom is 0.356 e. The third-order valence-corrected chi connectivity index (χ3v) is 5.41. The zero-order chi connectivity index (χ0) is 22.2. The zero-order valence-corrected chi connectivity index (χ0v) is 17.2. The van der Waals surface area contributed by atoms with E-state index in [1.165, 1.54) is 15.6 Å². The first-order valence-corrected chi connectivity index (χ1v) is 9.78. The topological polar surface area (TPSA) is 118 Å². The Morgan fingerprint density at radius 1 is 1.23 bits per heavy atom. The molecule has 0 saturated carbocycles. The standard InChI is InChI=1S/C22H22N4O5/c1-14-8-9-16(31-14)12-25-19(27)18-10-17(20(28)29)24-26(18)13-22(25,2)21(30)23-11-15-6-4-3-5-7-15/h3-10H,11-13H2,1-2H3,(H,23,30)(H,28,29). The van der Waals surface area contributed by atoms with Crippen molar-refractivity contribution in [3.63, 3.8) is 0 Å². The number of furan rings is 1. The summed E-state index contributed by atoms with van der Waals surface area (Å²) < 4.78 is 6.92. The number of carbonyl (C=O) groups is 3. The van der Waals surface area contributed by atoms with E-state index >= 15 is 0 Å². The van der Waals surface area contributed by atoms with Gasteiger partial charge in [0.1, 0.15) is 22.8 Å². The fraction of sp³-hybridized carbons (Fsp3) is 0.273. The maximum atomic E-state index is 13.3. The number of aromatic carboxylic acids is 1. The second-order valence-electron chi connectivity index (χ2n) is 7.72. The van der Waals surface area contributed by atoms with Gasteiger partial charge in [-0.05, 0) is 31.5 Å². The Balaban J connectivity index is 1.67. The molecular weight excluding hydrogens is 400 g/mol. The van der Waals surface area contributed by atoms with Gasteiger partial charge in [0.2, 0.25) is 5.91 Å². The largest absolute Gasteiger partial charge is 0.476 e. The summed E-state index contributed by atoms with van der Waals surface area (Å²) in [7, 11) is 0. The highest BCUT2D eigenvalue weighted by Gasteiger charge is 2.48. The number of rotatable bonds is 6. The van der Waals surface area contributed by atoms with E-state index in [-0.39, 0.29) is 30.4 Å². The summed E-state index contributed by atoms with van der Waals surface area (Å²) >= 11 is 0. The van der Waals surface area contributed by atoms with Crippen LogP contribution in [0.15, 0.2) is 52.9 Å². The predicted molar refractivity (Wildman–Crippen MR) is 109 cm³/mol. The van der Waals surface area contributed by atoms with Crippen molar-refractivity contribution in [3.8, 4) is 0 Å². The van der Waals surface area contributed by atoms with Crippen molar-refractivity contribution in [1.82, 2.24) is 20.0 Å². The average molecular weight is 422 g/mol. The van der Waals surface area contributed by atoms with Crippen molar-refractivity contribution in [1.29, 1.82) is 0 Å². The van der Waals surface area contributed by atoms with Crippen LogP contribution in [-0.4, -0.2) is 43.1 Å². The Morgan fingerprint density at radius 3 is 2.61 bits per heavy atom. The average Bonchev–Trinajstić information content (AvgIpc) is 3.36. The molecule has 2 aromatic heterocycles. The molecule has 160 valence electrons. The monoisotopic (exact) mass is 422 g/mol. The SMILES string of the molecule is Cc1ccc(CN2C(=O)c3cc(C(=O)O)nn3CC2(C)C(=O)NCc2ccccc2)o1. The fourth-order valence-corrected chi connectivity index (χ4v) is 3.69. The highest BCUT2D eigenvalue weighted by atomic mass is 16.4. The highest BCUT2D eigenvalue weighted by molar-refractivity contribution is 6.00. The molecule has 0 fully saturated rings. The lowest BCUT2D eigenvalue weighted by Crippen LogP contribution is -2.63. The first-order valence-electron chi connectivity index (χ1n) is 9.78. The minimum absolute atomic E-state index is 0.0155. The van der Waals surface area contributed by atoms with Gasteiger partial charge in [0.05, 0.1) is 13.1 Å². The number of hydrogen-bond acceptors (Lipinski definition) is 5. The first kappa shape index (κ1) is 20.4. The van der Waals surface area contributed by atoms with Crippen LogP contribution < -0.4 is 5.32 Å². The summed E-state index contributed by atoms with van der Waals surface area (Å²) in [5.41, 5.74) is -0.510. The number of carboxylic acids is 1. The molecule has 1 aliphatic heterocycles. The van der Waals surface area contributed by atoms with Gasteiger partial charge in [0.15, 0.2) is 5.69 Å². The molecule has 3 aromatic rings. The summed E-state index contributed by atoms with van der Waals surface area (Å²) in [6.07, 6.45) is 0. The molecule has 4 rings (SSSR count). The zero-order valence-electron chi connectivity index (χ0n) is 17.2. The predicted octanol–water partition coefficient (Wildman–Crippen LogP) is 2.21. The third kappa shape index (κ3) is 3.81. The summed E-state index contributed by atoms with van der Waals surface area (Å²) in [6.45, 7) is 3.81. The van der Waals surface area contributed by atoms with Crippen LogP contribution >= 0.6 is 0 Å². The van der Waals surface area contributed by atoms with E-state index in [2.05, 4.69) is 10.4 Å². The Labute approximate surface area is 178 Å². The molecule has 1 unspecified atom stereocenters. The molecule has 1 aromatic carbocycles. The molecule has 0 aliphatic carbocycles. The number of nitrogens with one attached hydrogen (secondary N) is 1. The molecule has 2 N–H and O–H groups in total. The van der Waals surface area contributed by atoms with Gasteiger partial charge in [-0.1, -0.05) is 30.3 Å². The molecule has 9 nitrogen and oxygen atoms in total. The van der Waals surface area contributed by atoms with E-state index in [0.717, 1.165) is 5.56 Å². The fourth-order valence-electron chi connectivity index (χ4n) is 3.69. The Kier molecular flexibility index (Phi) is 5.10. The molecule has 9 heteroatoms. The van der Waals surface area contributed by atoms with E-state index in [0.29, 0.717) is 18.1 Å². The van der Waals surface area contributed by atoms with Gasteiger partial charge in [0, 0.05) is 12.6 Å². The van der Waals surface area contributed by atoms with E-state index in [4.69, 9.17) is 4.42 Å². The van der Waals surface area contributed by atoms with Crippen molar-refractivity contribution in [2.75, 3.05) is 0 Å². The summed E-state index contributed by atoms with van der Waals surface area (Å²) in [4.78, 5) is 39.4. The molecule has 31 heavy (non-hydrogen) atoms. The first-order chi connectivity index (χ1) is 14.8. The molecule has 0 saturated heterocycles. The minimum atomic E-state index is -1.30. The molecule has 0 spiro atoms. The second-order valence-corrected chi connectivity index (χ2v) is 7.72. The molecule has 2 amide bonds. The normalized spacial score (nSPS) is 18.0. The lowest BCUT2D eigenvalue weighted by Gasteiger charge is -2.42. The van der Waals surface area contributed by atoms with Crippen LogP contribution in [0.3, 0.4) is 0 Å². The van der Waals surface area contributed by atoms with Gasteiger partial charge in [-0.3, -0.25) is 14.3 Å². The van der Waals surface area contributed by atoms with Crippen molar-refractivity contribution < 1.29 is 23.9 Å². The Bertz CT molecular complexity index is 1150. The maximum absolute atomic E-state index is 13.3. The van der Waals surface area contributed by atoms with Gasteiger partial charge < -0.3 is 19.7 Å². The number of nitrogens with zero attached hydrogens (tertiary/aromatic N) is 3. The summed E-state index contributed by atoms with van der Waals surface area (Å²) in [5, 5.41) is 16.2. The second kappa shape index (κ2) is 7.75. The van der Waals surface area contributed by atoms with Gasteiger partial charge in [-0.25, -0.2) is 4.79 Å². The lowest BCUT2D eigenvalue weighted by molar-refractivity contribution is -0.133. The van der Waals surface area contributed by atoms with Crippen LogP contribution in [0.2, 0.25) is 0 Å². The van der Waals surface area contributed by atoms with Crippen molar-refractivity contribution in [3.05, 3.63) is 77.0 Å². The van der Waals surface area contributed by atoms with Crippen LogP contribution in [0.1, 0.15) is 45.0 Å². The smallest absolute Gasteiger partial charge is 0.356 e. The number of aryl methyl sites for hydroxylation is 1. The number of fused-ring (bicyclic) bond motifs is 1. The molecule has 0 radical (unpaired) electrons. The van der Waals surface area contributed by atoms with Crippen molar-refractivity contribution in [2.45, 2.75) is 39.0 Å².